The Morgan fingerprint density at radius 2 is 2.12 bits per heavy atom. The van der Waals surface area contributed by atoms with Gasteiger partial charge in [-0.2, -0.15) is 0 Å². The van der Waals surface area contributed by atoms with Crippen LogP contribution in [-0.2, 0) is 4.79 Å². The van der Waals surface area contributed by atoms with Gasteiger partial charge in [0.15, 0.2) is 0 Å². The molecule has 2 unspecified atom stereocenters. The summed E-state index contributed by atoms with van der Waals surface area (Å²) in [5, 5.41) is 12.1. The Labute approximate surface area is 103 Å². The zero-order chi connectivity index (χ0) is 12.7. The second-order valence-corrected chi connectivity index (χ2v) is 4.80. The van der Waals surface area contributed by atoms with Crippen LogP contribution in [0.1, 0.15) is 32.6 Å². The van der Waals surface area contributed by atoms with Crippen molar-refractivity contribution in [2.24, 2.45) is 5.73 Å². The molecule has 2 atom stereocenters. The number of likely N-dealkylation sites (tertiary alicyclic amines) is 1. The van der Waals surface area contributed by atoms with E-state index >= 15 is 0 Å². The van der Waals surface area contributed by atoms with Crippen LogP contribution in [0.5, 0.6) is 0 Å². The standard InChI is InChI=1S/C12H25N3O2/c1-10(4-7-16)14-11(9-13)8-12(17)15-5-2-3-6-15/h10-11,14,16H,2-9,13H2,1H3. The van der Waals surface area contributed by atoms with E-state index in [4.69, 9.17) is 10.8 Å². The van der Waals surface area contributed by atoms with Gasteiger partial charge < -0.3 is 21.1 Å². The predicted molar refractivity (Wildman–Crippen MR) is 67.6 cm³/mol. The van der Waals surface area contributed by atoms with Gasteiger partial charge >= 0.3 is 0 Å². The van der Waals surface area contributed by atoms with Crippen molar-refractivity contribution in [1.29, 1.82) is 0 Å². The molecule has 0 aromatic carbocycles. The molecule has 1 heterocycles. The largest absolute Gasteiger partial charge is 0.396 e. The molecule has 0 saturated carbocycles. The quantitative estimate of drug-likeness (QED) is 0.573. The maximum absolute atomic E-state index is 11.9. The van der Waals surface area contributed by atoms with E-state index in [1.807, 2.05) is 11.8 Å². The van der Waals surface area contributed by atoms with Gasteiger partial charge in [0.2, 0.25) is 5.91 Å². The molecule has 1 rings (SSSR count). The van der Waals surface area contributed by atoms with Crippen LogP contribution in [0.2, 0.25) is 0 Å². The average Bonchev–Trinajstić information content (AvgIpc) is 2.81. The number of nitrogens with two attached hydrogens (primary N) is 1. The molecule has 0 aromatic rings. The summed E-state index contributed by atoms with van der Waals surface area (Å²) in [7, 11) is 0. The molecule has 0 spiro atoms. The minimum Gasteiger partial charge on any atom is -0.396 e. The summed E-state index contributed by atoms with van der Waals surface area (Å²) in [5.74, 6) is 0.196. The van der Waals surface area contributed by atoms with Crippen LogP contribution in [0.4, 0.5) is 0 Å². The topological polar surface area (TPSA) is 78.6 Å². The van der Waals surface area contributed by atoms with Crippen molar-refractivity contribution in [2.45, 2.75) is 44.7 Å². The molecule has 0 aromatic heterocycles. The average molecular weight is 243 g/mol. The highest BCUT2D eigenvalue weighted by Crippen LogP contribution is 2.10. The summed E-state index contributed by atoms with van der Waals surface area (Å²) in [5.41, 5.74) is 5.67. The zero-order valence-electron chi connectivity index (χ0n) is 10.7. The first-order chi connectivity index (χ1) is 8.17. The van der Waals surface area contributed by atoms with Gasteiger partial charge in [-0.05, 0) is 26.2 Å². The summed E-state index contributed by atoms with van der Waals surface area (Å²) >= 11 is 0. The predicted octanol–water partition coefficient (Wildman–Crippen LogP) is -0.313. The minimum absolute atomic E-state index is 0.0182. The normalized spacial score (nSPS) is 19.4. The van der Waals surface area contributed by atoms with E-state index in [2.05, 4.69) is 5.32 Å². The molecule has 1 aliphatic rings. The highest BCUT2D eigenvalue weighted by Gasteiger charge is 2.21. The van der Waals surface area contributed by atoms with Gasteiger partial charge in [-0.15, -0.1) is 0 Å². The lowest BCUT2D eigenvalue weighted by atomic mass is 10.1. The van der Waals surface area contributed by atoms with Crippen LogP contribution >= 0.6 is 0 Å². The van der Waals surface area contributed by atoms with Gasteiger partial charge in [0, 0.05) is 44.7 Å². The van der Waals surface area contributed by atoms with Crippen LogP contribution in [-0.4, -0.2) is 54.2 Å². The number of nitrogens with zero attached hydrogens (tertiary/aromatic N) is 1. The van der Waals surface area contributed by atoms with Crippen molar-refractivity contribution in [3.63, 3.8) is 0 Å². The van der Waals surface area contributed by atoms with E-state index in [0.29, 0.717) is 19.4 Å². The summed E-state index contributed by atoms with van der Waals surface area (Å²) in [6.07, 6.45) is 3.39. The third kappa shape index (κ3) is 5.02. The Hall–Kier alpha value is -0.650. The van der Waals surface area contributed by atoms with Crippen LogP contribution in [0, 0.1) is 0 Å². The molecular formula is C12H25N3O2. The van der Waals surface area contributed by atoms with E-state index in [1.165, 1.54) is 0 Å². The smallest absolute Gasteiger partial charge is 0.224 e. The van der Waals surface area contributed by atoms with Crippen molar-refractivity contribution in [1.82, 2.24) is 10.2 Å². The zero-order valence-corrected chi connectivity index (χ0v) is 10.7. The summed E-state index contributed by atoms with van der Waals surface area (Å²) in [6.45, 7) is 4.39. The lowest BCUT2D eigenvalue weighted by molar-refractivity contribution is -0.130. The SMILES string of the molecule is CC(CCO)NC(CN)CC(=O)N1CCCC1. The number of hydrogen-bond acceptors (Lipinski definition) is 4. The van der Waals surface area contributed by atoms with Gasteiger partial charge in [0.05, 0.1) is 0 Å². The first-order valence-electron chi connectivity index (χ1n) is 6.52. The molecule has 0 bridgehead atoms. The van der Waals surface area contributed by atoms with Crippen molar-refractivity contribution in [2.75, 3.05) is 26.2 Å². The number of rotatable bonds is 7. The fraction of sp³-hybridized carbons (Fsp3) is 0.917. The number of carbonyl (C=O) groups excluding carboxylic acids is 1. The number of aliphatic hydroxyl groups excluding tert-OH is 1. The second kappa shape index (κ2) is 7.63. The van der Waals surface area contributed by atoms with Gasteiger partial charge in [0.1, 0.15) is 0 Å². The highest BCUT2D eigenvalue weighted by atomic mass is 16.3. The molecule has 1 saturated heterocycles. The van der Waals surface area contributed by atoms with E-state index < -0.39 is 0 Å². The monoisotopic (exact) mass is 243 g/mol. The first kappa shape index (κ1) is 14.4. The minimum atomic E-state index is 0.0182. The van der Waals surface area contributed by atoms with Gasteiger partial charge in [-0.25, -0.2) is 0 Å². The van der Waals surface area contributed by atoms with Crippen LogP contribution in [0.3, 0.4) is 0 Å². The first-order valence-corrected chi connectivity index (χ1v) is 6.52. The third-order valence-corrected chi connectivity index (χ3v) is 3.25. The van der Waals surface area contributed by atoms with Gasteiger partial charge in [0.25, 0.3) is 0 Å². The van der Waals surface area contributed by atoms with Crippen LogP contribution in [0.25, 0.3) is 0 Å². The second-order valence-electron chi connectivity index (χ2n) is 4.80. The molecule has 17 heavy (non-hydrogen) atoms. The summed E-state index contributed by atoms with van der Waals surface area (Å²) in [6, 6.07) is 0.213. The maximum Gasteiger partial charge on any atom is 0.224 e. The maximum atomic E-state index is 11.9. The van der Waals surface area contributed by atoms with E-state index in [1.54, 1.807) is 0 Å². The van der Waals surface area contributed by atoms with Gasteiger partial charge in [-0.1, -0.05) is 0 Å². The Morgan fingerprint density at radius 3 is 2.65 bits per heavy atom. The molecule has 4 N–H and O–H groups in total. The molecule has 1 aliphatic heterocycles. The lowest BCUT2D eigenvalue weighted by Gasteiger charge is -2.23. The van der Waals surface area contributed by atoms with E-state index in [-0.39, 0.29) is 24.6 Å². The molecule has 100 valence electrons. The Kier molecular flexibility index (Phi) is 6.47. The number of carbonyl (C=O) groups is 1. The highest BCUT2D eigenvalue weighted by molar-refractivity contribution is 5.77. The van der Waals surface area contributed by atoms with Crippen LogP contribution in [0.15, 0.2) is 0 Å². The summed E-state index contributed by atoms with van der Waals surface area (Å²) < 4.78 is 0. The number of nitrogens with one attached hydrogen (secondary N) is 1. The van der Waals surface area contributed by atoms with Crippen molar-refractivity contribution < 1.29 is 9.90 Å². The molecule has 1 fully saturated rings. The molecule has 5 nitrogen and oxygen atoms in total. The number of amides is 1. The van der Waals surface area contributed by atoms with Crippen molar-refractivity contribution in [3.8, 4) is 0 Å². The van der Waals surface area contributed by atoms with Crippen molar-refractivity contribution >= 4 is 5.91 Å². The Balaban J connectivity index is 2.32. The fourth-order valence-electron chi connectivity index (χ4n) is 2.20. The van der Waals surface area contributed by atoms with E-state index in [0.717, 1.165) is 25.9 Å². The van der Waals surface area contributed by atoms with E-state index in [9.17, 15) is 4.79 Å². The molecule has 5 heteroatoms. The number of aliphatic hydroxyl groups is 1. The molecular weight excluding hydrogens is 218 g/mol. The van der Waals surface area contributed by atoms with Crippen LogP contribution < -0.4 is 11.1 Å². The van der Waals surface area contributed by atoms with Gasteiger partial charge in [-0.3, -0.25) is 4.79 Å². The third-order valence-electron chi connectivity index (χ3n) is 3.25. The lowest BCUT2D eigenvalue weighted by Crippen LogP contribution is -2.45. The molecule has 1 amide bonds. The summed E-state index contributed by atoms with van der Waals surface area (Å²) in [4.78, 5) is 13.9. The Bertz CT molecular complexity index is 230. The molecule has 0 radical (unpaired) electrons. The Morgan fingerprint density at radius 1 is 1.47 bits per heavy atom. The number of hydrogen-bond donors (Lipinski definition) is 3. The fourth-order valence-corrected chi connectivity index (χ4v) is 2.20. The van der Waals surface area contributed by atoms with Crippen molar-refractivity contribution in [3.05, 3.63) is 0 Å². The molecule has 0 aliphatic carbocycles.